The summed E-state index contributed by atoms with van der Waals surface area (Å²) < 4.78 is 5.16. The van der Waals surface area contributed by atoms with Crippen LogP contribution in [0.1, 0.15) is 28.7 Å². The van der Waals surface area contributed by atoms with Crippen molar-refractivity contribution in [1.82, 2.24) is 5.32 Å². The second kappa shape index (κ2) is 7.52. The molecule has 5 rings (SSSR count). The predicted molar refractivity (Wildman–Crippen MR) is 119 cm³/mol. The molecule has 1 fully saturated rings. The summed E-state index contributed by atoms with van der Waals surface area (Å²) in [5.41, 5.74) is 2.29. The van der Waals surface area contributed by atoms with Gasteiger partial charge in [0.2, 0.25) is 5.91 Å². The zero-order valence-electron chi connectivity index (χ0n) is 16.8. The second-order valence-corrected chi connectivity index (χ2v) is 8.35. The lowest BCUT2D eigenvalue weighted by Crippen LogP contribution is -2.44. The van der Waals surface area contributed by atoms with E-state index in [1.807, 2.05) is 72.8 Å². The molecule has 0 bridgehead atoms. The fourth-order valence-electron chi connectivity index (χ4n) is 5.24. The molecular formula is C25H21ClN2O3. The van der Waals surface area contributed by atoms with E-state index in [-0.39, 0.29) is 5.91 Å². The molecule has 1 amide bonds. The quantitative estimate of drug-likeness (QED) is 0.609. The van der Waals surface area contributed by atoms with Crippen molar-refractivity contribution in [2.24, 2.45) is 0 Å². The summed E-state index contributed by atoms with van der Waals surface area (Å²) in [5.74, 6) is -1.08. The van der Waals surface area contributed by atoms with E-state index < -0.39 is 29.4 Å². The van der Waals surface area contributed by atoms with Crippen LogP contribution in [0.4, 0.5) is 5.69 Å². The van der Waals surface area contributed by atoms with Crippen molar-refractivity contribution in [2.75, 3.05) is 12.4 Å². The predicted octanol–water partition coefficient (Wildman–Crippen LogP) is 4.20. The number of benzene rings is 3. The molecule has 2 aliphatic rings. The number of fused-ring (bicyclic) bond motifs is 2. The van der Waals surface area contributed by atoms with Gasteiger partial charge in [0.25, 0.3) is 0 Å². The van der Waals surface area contributed by atoms with Crippen LogP contribution in [0.5, 0.6) is 0 Å². The van der Waals surface area contributed by atoms with Crippen molar-refractivity contribution in [2.45, 2.75) is 23.4 Å². The molecule has 0 aliphatic carbocycles. The van der Waals surface area contributed by atoms with Gasteiger partial charge in [0.05, 0.1) is 13.2 Å². The Morgan fingerprint density at radius 2 is 1.68 bits per heavy atom. The minimum atomic E-state index is -1.05. The molecule has 4 atom stereocenters. The monoisotopic (exact) mass is 432 g/mol. The van der Waals surface area contributed by atoms with Gasteiger partial charge in [-0.1, -0.05) is 72.3 Å². The number of nitrogens with one attached hydrogen (secondary N) is 2. The molecule has 31 heavy (non-hydrogen) atoms. The molecule has 2 aliphatic heterocycles. The average Bonchev–Trinajstić information content (AvgIpc) is 3.30. The summed E-state index contributed by atoms with van der Waals surface area (Å²) >= 11 is 6.33. The van der Waals surface area contributed by atoms with Crippen LogP contribution in [-0.2, 0) is 19.7 Å². The first-order valence-electron chi connectivity index (χ1n) is 10.1. The Hall–Kier alpha value is -3.15. The van der Waals surface area contributed by atoms with Crippen LogP contribution in [-0.4, -0.2) is 25.0 Å². The van der Waals surface area contributed by atoms with Crippen LogP contribution in [0.2, 0.25) is 5.02 Å². The second-order valence-electron chi connectivity index (χ2n) is 7.91. The number of para-hydroxylation sites is 1. The maximum absolute atomic E-state index is 13.8. The SMILES string of the molecule is COC(=O)[C@H]1N[C@@H](c2ccccc2)[C@@]2(C(=O)Nc3ccccc32)[C@@H]1c1cccc(Cl)c1. The van der Waals surface area contributed by atoms with Crippen molar-refractivity contribution in [3.8, 4) is 0 Å². The van der Waals surface area contributed by atoms with E-state index in [0.717, 1.165) is 22.4 Å². The summed E-state index contributed by atoms with van der Waals surface area (Å²) in [4.78, 5) is 26.8. The highest BCUT2D eigenvalue weighted by Gasteiger charge is 2.66. The Morgan fingerprint density at radius 3 is 2.42 bits per heavy atom. The fraction of sp³-hybridized carbons (Fsp3) is 0.200. The molecule has 1 spiro atoms. The lowest BCUT2D eigenvalue weighted by Gasteiger charge is -2.35. The Bertz CT molecular complexity index is 1170. The van der Waals surface area contributed by atoms with Crippen LogP contribution >= 0.6 is 11.6 Å². The maximum atomic E-state index is 13.8. The maximum Gasteiger partial charge on any atom is 0.323 e. The number of amides is 1. The topological polar surface area (TPSA) is 67.4 Å². The number of anilines is 1. The number of halogens is 1. The highest BCUT2D eigenvalue weighted by molar-refractivity contribution is 6.30. The van der Waals surface area contributed by atoms with E-state index >= 15 is 0 Å². The molecule has 0 aromatic heterocycles. The number of carbonyl (C=O) groups is 2. The first-order valence-corrected chi connectivity index (χ1v) is 10.5. The van der Waals surface area contributed by atoms with Gasteiger partial charge in [-0.15, -0.1) is 0 Å². The van der Waals surface area contributed by atoms with Gasteiger partial charge in [0.15, 0.2) is 0 Å². The van der Waals surface area contributed by atoms with Crippen molar-refractivity contribution < 1.29 is 14.3 Å². The van der Waals surface area contributed by atoms with Crippen molar-refractivity contribution >= 4 is 29.2 Å². The van der Waals surface area contributed by atoms with Crippen molar-refractivity contribution in [3.05, 3.63) is 101 Å². The smallest absolute Gasteiger partial charge is 0.323 e. The third-order valence-corrected chi connectivity index (χ3v) is 6.65. The van der Waals surface area contributed by atoms with E-state index in [9.17, 15) is 9.59 Å². The molecule has 5 nitrogen and oxygen atoms in total. The third-order valence-electron chi connectivity index (χ3n) is 6.42. The van der Waals surface area contributed by atoms with Gasteiger partial charge in [-0.25, -0.2) is 0 Å². The summed E-state index contributed by atoms with van der Waals surface area (Å²) in [7, 11) is 1.37. The van der Waals surface area contributed by atoms with Crippen LogP contribution in [0, 0.1) is 0 Å². The molecule has 1 saturated heterocycles. The Balaban J connectivity index is 1.82. The minimum Gasteiger partial charge on any atom is -0.468 e. The first kappa shape index (κ1) is 19.8. The van der Waals surface area contributed by atoms with Crippen LogP contribution in [0.15, 0.2) is 78.9 Å². The number of methoxy groups -OCH3 is 1. The molecule has 2 N–H and O–H groups in total. The van der Waals surface area contributed by atoms with E-state index in [2.05, 4.69) is 10.6 Å². The number of hydrogen-bond donors (Lipinski definition) is 2. The summed E-state index contributed by atoms with van der Waals surface area (Å²) in [6.45, 7) is 0. The van der Waals surface area contributed by atoms with Gasteiger partial charge in [-0.3, -0.25) is 14.9 Å². The summed E-state index contributed by atoms with van der Waals surface area (Å²) in [6.07, 6.45) is 0. The third kappa shape index (κ3) is 2.88. The Morgan fingerprint density at radius 1 is 0.968 bits per heavy atom. The summed E-state index contributed by atoms with van der Waals surface area (Å²) in [6, 6.07) is 23.6. The van der Waals surface area contributed by atoms with Crippen molar-refractivity contribution in [1.29, 1.82) is 0 Å². The molecule has 0 radical (unpaired) electrons. The number of ether oxygens (including phenoxy) is 1. The lowest BCUT2D eigenvalue weighted by atomic mass is 9.63. The van der Waals surface area contributed by atoms with Gasteiger partial charge in [0.1, 0.15) is 11.5 Å². The van der Waals surface area contributed by atoms with E-state index in [4.69, 9.17) is 16.3 Å². The normalized spacial score (nSPS) is 26.5. The zero-order chi connectivity index (χ0) is 21.6. The van der Waals surface area contributed by atoms with E-state index in [0.29, 0.717) is 5.02 Å². The molecule has 3 aromatic rings. The van der Waals surface area contributed by atoms with Gasteiger partial charge < -0.3 is 10.1 Å². The number of hydrogen-bond acceptors (Lipinski definition) is 4. The summed E-state index contributed by atoms with van der Waals surface area (Å²) in [5, 5.41) is 7.06. The van der Waals surface area contributed by atoms with E-state index in [1.165, 1.54) is 7.11 Å². The minimum absolute atomic E-state index is 0.147. The Kier molecular flexibility index (Phi) is 4.80. The first-order chi connectivity index (χ1) is 15.1. The van der Waals surface area contributed by atoms with Crippen molar-refractivity contribution in [3.63, 3.8) is 0 Å². The molecule has 0 saturated carbocycles. The molecule has 3 aromatic carbocycles. The van der Waals surface area contributed by atoms with Crippen LogP contribution in [0.3, 0.4) is 0 Å². The van der Waals surface area contributed by atoms with Gasteiger partial charge in [-0.2, -0.15) is 0 Å². The molecule has 156 valence electrons. The highest BCUT2D eigenvalue weighted by atomic mass is 35.5. The Labute approximate surface area is 185 Å². The largest absolute Gasteiger partial charge is 0.468 e. The number of rotatable bonds is 3. The van der Waals surface area contributed by atoms with Crippen LogP contribution < -0.4 is 10.6 Å². The average molecular weight is 433 g/mol. The van der Waals surface area contributed by atoms with Gasteiger partial charge in [-0.05, 0) is 34.9 Å². The molecule has 0 unspecified atom stereocenters. The highest BCUT2D eigenvalue weighted by Crippen LogP contribution is 2.59. The van der Waals surface area contributed by atoms with Gasteiger partial charge in [0, 0.05) is 16.6 Å². The lowest BCUT2D eigenvalue weighted by molar-refractivity contribution is -0.143. The number of esters is 1. The van der Waals surface area contributed by atoms with Crippen LogP contribution in [0.25, 0.3) is 0 Å². The zero-order valence-corrected chi connectivity index (χ0v) is 17.6. The molecule has 2 heterocycles. The standard InChI is InChI=1S/C25H21ClN2O3/c1-31-23(29)21-20(16-10-7-11-17(26)14-16)25(22(28-21)15-8-3-2-4-9-15)18-12-5-6-13-19(18)27-24(25)30/h2-14,20-22,28H,1H3,(H,27,30)/t20-,21+,22+,25+/m1/s1. The fourth-order valence-corrected chi connectivity index (χ4v) is 5.44. The number of carbonyl (C=O) groups excluding carboxylic acids is 2. The van der Waals surface area contributed by atoms with E-state index in [1.54, 1.807) is 6.07 Å². The molecular weight excluding hydrogens is 412 g/mol. The van der Waals surface area contributed by atoms with Gasteiger partial charge >= 0.3 is 5.97 Å². The molecule has 6 heteroatoms.